The number of carboxylic acid groups (broad SMARTS) is 1. The van der Waals surface area contributed by atoms with Crippen LogP contribution in [0, 0.1) is 5.92 Å². The molecule has 1 aromatic rings. The molecule has 1 fully saturated rings. The first kappa shape index (κ1) is 11.1. The number of aromatic amines is 1. The fraction of sp³-hybridized carbons (Fsp3) is 0.500. The van der Waals surface area contributed by atoms with Crippen molar-refractivity contribution in [3.05, 3.63) is 12.3 Å². The van der Waals surface area contributed by atoms with Crippen LogP contribution in [0.15, 0.2) is 17.3 Å². The third kappa shape index (κ3) is 2.22. The molecule has 1 heterocycles. The first-order valence-corrected chi connectivity index (χ1v) is 6.23. The van der Waals surface area contributed by atoms with Gasteiger partial charge < -0.3 is 5.11 Å². The van der Waals surface area contributed by atoms with Crippen LogP contribution in [0.2, 0.25) is 0 Å². The lowest BCUT2D eigenvalue weighted by Gasteiger charge is -2.12. The van der Waals surface area contributed by atoms with Gasteiger partial charge in [-0.15, -0.1) is 0 Å². The Balaban J connectivity index is 2.16. The number of carboxylic acids is 1. The van der Waals surface area contributed by atoms with Crippen LogP contribution in [0.3, 0.4) is 0 Å². The van der Waals surface area contributed by atoms with Crippen LogP contribution in [-0.2, 0) is 14.8 Å². The number of hydrogen-bond acceptors (Lipinski definition) is 4. The molecule has 0 aromatic carbocycles. The largest absolute Gasteiger partial charge is 0.480 e. The topological polar surface area (TPSA) is 112 Å². The van der Waals surface area contributed by atoms with E-state index in [1.54, 1.807) is 0 Å². The first-order valence-electron chi connectivity index (χ1n) is 4.75. The van der Waals surface area contributed by atoms with Gasteiger partial charge in [0.2, 0.25) is 0 Å². The molecular formula is C8H11N3O4S. The number of rotatable bonds is 5. The highest BCUT2D eigenvalue weighted by molar-refractivity contribution is 7.89. The quantitative estimate of drug-likeness (QED) is 0.650. The Hall–Kier alpha value is -1.41. The molecule has 0 aliphatic heterocycles. The summed E-state index contributed by atoms with van der Waals surface area (Å²) in [6.45, 7) is 0. The van der Waals surface area contributed by atoms with Crippen molar-refractivity contribution < 1.29 is 18.3 Å². The molecule has 1 aliphatic carbocycles. The highest BCUT2D eigenvalue weighted by atomic mass is 32.2. The minimum Gasteiger partial charge on any atom is -0.480 e. The SMILES string of the molecule is O=C(O)C(NS(=O)(=O)c1ccn[nH]1)C1CC1. The first-order chi connectivity index (χ1) is 7.50. The molecule has 0 saturated heterocycles. The molecule has 0 bridgehead atoms. The maximum absolute atomic E-state index is 11.7. The molecule has 0 amide bonds. The van der Waals surface area contributed by atoms with Gasteiger partial charge >= 0.3 is 5.97 Å². The molecule has 88 valence electrons. The third-order valence-electron chi connectivity index (χ3n) is 2.41. The molecule has 1 saturated carbocycles. The van der Waals surface area contributed by atoms with E-state index >= 15 is 0 Å². The summed E-state index contributed by atoms with van der Waals surface area (Å²) in [5.41, 5.74) is 0. The lowest BCUT2D eigenvalue weighted by Crippen LogP contribution is -2.42. The Labute approximate surface area is 91.9 Å². The number of H-pyrrole nitrogens is 1. The van der Waals surface area contributed by atoms with Gasteiger partial charge in [0.05, 0.1) is 6.20 Å². The molecule has 1 atom stereocenters. The summed E-state index contributed by atoms with van der Waals surface area (Å²) in [5.74, 6) is -1.25. The van der Waals surface area contributed by atoms with Gasteiger partial charge in [-0.3, -0.25) is 9.89 Å². The van der Waals surface area contributed by atoms with Crippen LogP contribution in [0.4, 0.5) is 0 Å². The Bertz CT molecular complexity index is 477. The van der Waals surface area contributed by atoms with Crippen molar-refractivity contribution in [3.63, 3.8) is 0 Å². The molecule has 2 rings (SSSR count). The van der Waals surface area contributed by atoms with Crippen LogP contribution in [0.5, 0.6) is 0 Å². The van der Waals surface area contributed by atoms with E-state index < -0.39 is 22.0 Å². The zero-order valence-corrected chi connectivity index (χ0v) is 9.07. The summed E-state index contributed by atoms with van der Waals surface area (Å²) >= 11 is 0. The molecule has 1 aliphatic rings. The Kier molecular flexibility index (Phi) is 2.68. The minimum atomic E-state index is -3.82. The lowest BCUT2D eigenvalue weighted by atomic mass is 10.2. The zero-order valence-electron chi connectivity index (χ0n) is 8.25. The van der Waals surface area contributed by atoms with Gasteiger partial charge in [0.15, 0.2) is 5.03 Å². The predicted octanol–water partition coefficient (Wildman–Crippen LogP) is -0.449. The van der Waals surface area contributed by atoms with Crippen LogP contribution in [-0.4, -0.2) is 35.7 Å². The van der Waals surface area contributed by atoms with Crippen LogP contribution >= 0.6 is 0 Å². The average Bonchev–Trinajstić information content (AvgIpc) is 2.87. The molecule has 1 unspecified atom stereocenters. The number of carbonyl (C=O) groups is 1. The van der Waals surface area contributed by atoms with E-state index in [2.05, 4.69) is 14.9 Å². The molecule has 0 spiro atoms. The Morgan fingerprint density at radius 1 is 1.62 bits per heavy atom. The third-order valence-corrected chi connectivity index (χ3v) is 3.78. The van der Waals surface area contributed by atoms with Crippen molar-refractivity contribution in [2.45, 2.75) is 23.9 Å². The summed E-state index contributed by atoms with van der Waals surface area (Å²) in [6.07, 6.45) is 2.77. The number of nitrogens with one attached hydrogen (secondary N) is 2. The van der Waals surface area contributed by atoms with Crippen LogP contribution in [0.25, 0.3) is 0 Å². The second-order valence-corrected chi connectivity index (χ2v) is 5.38. The van der Waals surface area contributed by atoms with Crippen molar-refractivity contribution in [3.8, 4) is 0 Å². The highest BCUT2D eigenvalue weighted by Crippen LogP contribution is 2.33. The number of aromatic nitrogens is 2. The smallest absolute Gasteiger partial charge is 0.322 e. The Morgan fingerprint density at radius 3 is 2.75 bits per heavy atom. The summed E-state index contributed by atoms with van der Waals surface area (Å²) in [7, 11) is -3.82. The summed E-state index contributed by atoms with van der Waals surface area (Å²) < 4.78 is 25.5. The second kappa shape index (κ2) is 3.87. The van der Waals surface area contributed by atoms with E-state index in [1.807, 2.05) is 0 Å². The molecule has 3 N–H and O–H groups in total. The fourth-order valence-corrected chi connectivity index (χ4v) is 2.57. The number of hydrogen-bond donors (Lipinski definition) is 3. The maximum Gasteiger partial charge on any atom is 0.322 e. The molecular weight excluding hydrogens is 234 g/mol. The van der Waals surface area contributed by atoms with E-state index in [0.29, 0.717) is 0 Å². The van der Waals surface area contributed by atoms with E-state index in [0.717, 1.165) is 12.8 Å². The van der Waals surface area contributed by atoms with Crippen molar-refractivity contribution in [2.75, 3.05) is 0 Å². The lowest BCUT2D eigenvalue weighted by molar-refractivity contribution is -0.139. The van der Waals surface area contributed by atoms with Crippen LogP contribution < -0.4 is 4.72 Å². The van der Waals surface area contributed by atoms with Gasteiger partial charge in [-0.25, -0.2) is 8.42 Å². The number of nitrogens with zero attached hydrogens (tertiary/aromatic N) is 1. The summed E-state index contributed by atoms with van der Waals surface area (Å²) in [6, 6.07) is 0.224. The van der Waals surface area contributed by atoms with E-state index in [-0.39, 0.29) is 10.9 Å². The van der Waals surface area contributed by atoms with E-state index in [4.69, 9.17) is 5.11 Å². The average molecular weight is 245 g/mol. The van der Waals surface area contributed by atoms with Gasteiger partial charge in [-0.1, -0.05) is 0 Å². The zero-order chi connectivity index (χ0) is 11.8. The number of aliphatic carboxylic acids is 1. The number of sulfonamides is 1. The van der Waals surface area contributed by atoms with Crippen molar-refractivity contribution in [1.29, 1.82) is 0 Å². The van der Waals surface area contributed by atoms with Gasteiger partial charge in [0.25, 0.3) is 10.0 Å². The molecule has 16 heavy (non-hydrogen) atoms. The maximum atomic E-state index is 11.7. The molecule has 1 aromatic heterocycles. The minimum absolute atomic E-state index is 0.102. The standard InChI is InChI=1S/C8H11N3O4S/c12-8(13)7(5-1-2-5)11-16(14,15)6-3-4-9-10-6/h3-5,7,11H,1-2H2,(H,9,10)(H,12,13). The molecule has 8 heteroatoms. The van der Waals surface area contributed by atoms with Crippen molar-refractivity contribution >= 4 is 16.0 Å². The molecule has 7 nitrogen and oxygen atoms in total. The normalized spacial score (nSPS) is 18.2. The van der Waals surface area contributed by atoms with E-state index in [1.165, 1.54) is 12.3 Å². The van der Waals surface area contributed by atoms with Crippen LogP contribution in [0.1, 0.15) is 12.8 Å². The second-order valence-electron chi connectivity index (χ2n) is 3.70. The van der Waals surface area contributed by atoms with Crippen molar-refractivity contribution in [2.24, 2.45) is 5.92 Å². The van der Waals surface area contributed by atoms with Gasteiger partial charge in [0, 0.05) is 0 Å². The summed E-state index contributed by atoms with van der Waals surface area (Å²) in [4.78, 5) is 10.9. The highest BCUT2D eigenvalue weighted by Gasteiger charge is 2.39. The Morgan fingerprint density at radius 2 is 2.31 bits per heavy atom. The predicted molar refractivity (Wildman–Crippen MR) is 53.1 cm³/mol. The molecule has 0 radical (unpaired) electrons. The fourth-order valence-electron chi connectivity index (χ4n) is 1.40. The summed E-state index contributed by atoms with van der Waals surface area (Å²) in [5, 5.41) is 14.6. The van der Waals surface area contributed by atoms with Crippen molar-refractivity contribution in [1.82, 2.24) is 14.9 Å². The van der Waals surface area contributed by atoms with Gasteiger partial charge in [-0.05, 0) is 24.8 Å². The monoisotopic (exact) mass is 245 g/mol. The van der Waals surface area contributed by atoms with Gasteiger partial charge in [-0.2, -0.15) is 9.82 Å². The van der Waals surface area contributed by atoms with E-state index in [9.17, 15) is 13.2 Å². The van der Waals surface area contributed by atoms with Gasteiger partial charge in [0.1, 0.15) is 6.04 Å².